The van der Waals surface area contributed by atoms with Crippen molar-refractivity contribution in [3.8, 4) is 17.2 Å². The van der Waals surface area contributed by atoms with Crippen molar-refractivity contribution < 1.29 is 14.2 Å². The van der Waals surface area contributed by atoms with Crippen molar-refractivity contribution in [1.82, 2.24) is 0 Å². The Morgan fingerprint density at radius 3 is 2.94 bits per heavy atom. The fraction of sp³-hybridized carbons (Fsp3) is 0.500. The van der Waals surface area contributed by atoms with E-state index in [9.17, 15) is 0 Å². The minimum atomic E-state index is 0.0744. The summed E-state index contributed by atoms with van der Waals surface area (Å²) in [4.78, 5) is 0. The summed E-state index contributed by atoms with van der Waals surface area (Å²) >= 11 is 0. The number of nitrogens with two attached hydrogens (primary N) is 1. The summed E-state index contributed by atoms with van der Waals surface area (Å²) in [6.07, 6.45) is 2.10. The van der Waals surface area contributed by atoms with Crippen LogP contribution in [0, 0.1) is 0 Å². The van der Waals surface area contributed by atoms with Gasteiger partial charge in [-0.15, -0.1) is 0 Å². The molecule has 0 saturated carbocycles. The third-order valence-corrected chi connectivity index (χ3v) is 2.52. The summed E-state index contributed by atoms with van der Waals surface area (Å²) in [6.45, 7) is 2.93. The molecule has 0 aromatic heterocycles. The van der Waals surface area contributed by atoms with Gasteiger partial charge in [-0.3, -0.25) is 0 Å². The first-order valence-corrected chi connectivity index (χ1v) is 5.60. The standard InChI is InChI=1S/C12H17NO3/c1-2-3-10(7-13)16-9-4-5-11-12(6-9)15-8-14-11/h4-6,10H,2-3,7-8,13H2,1H3. The fourth-order valence-corrected chi connectivity index (χ4v) is 1.69. The van der Waals surface area contributed by atoms with Gasteiger partial charge in [0.05, 0.1) is 0 Å². The highest BCUT2D eigenvalue weighted by atomic mass is 16.7. The molecule has 0 aliphatic carbocycles. The van der Waals surface area contributed by atoms with Crippen LogP contribution in [0.4, 0.5) is 0 Å². The lowest BCUT2D eigenvalue weighted by molar-refractivity contribution is 0.173. The molecule has 0 radical (unpaired) electrons. The van der Waals surface area contributed by atoms with Gasteiger partial charge in [0.25, 0.3) is 0 Å². The largest absolute Gasteiger partial charge is 0.489 e. The number of rotatable bonds is 5. The van der Waals surface area contributed by atoms with E-state index in [1.54, 1.807) is 0 Å². The Hall–Kier alpha value is -1.42. The Morgan fingerprint density at radius 2 is 2.19 bits per heavy atom. The number of hydrogen-bond acceptors (Lipinski definition) is 4. The molecular weight excluding hydrogens is 206 g/mol. The summed E-state index contributed by atoms with van der Waals surface area (Å²) in [7, 11) is 0. The van der Waals surface area contributed by atoms with Crippen molar-refractivity contribution in [2.75, 3.05) is 13.3 Å². The van der Waals surface area contributed by atoms with Crippen LogP contribution in [0.1, 0.15) is 19.8 Å². The van der Waals surface area contributed by atoms with Gasteiger partial charge in [-0.25, -0.2) is 0 Å². The van der Waals surface area contributed by atoms with Crippen LogP contribution in [0.3, 0.4) is 0 Å². The maximum atomic E-state index is 5.77. The second-order valence-corrected chi connectivity index (χ2v) is 3.78. The number of hydrogen-bond donors (Lipinski definition) is 1. The van der Waals surface area contributed by atoms with E-state index in [1.165, 1.54) is 0 Å². The monoisotopic (exact) mass is 223 g/mol. The molecule has 1 heterocycles. The first-order chi connectivity index (χ1) is 7.83. The maximum absolute atomic E-state index is 5.77. The summed E-state index contributed by atoms with van der Waals surface area (Å²) in [5.41, 5.74) is 5.64. The van der Waals surface area contributed by atoms with Crippen LogP contribution in [0.15, 0.2) is 18.2 Å². The molecule has 4 heteroatoms. The first-order valence-electron chi connectivity index (χ1n) is 5.60. The molecule has 1 atom stereocenters. The highest BCUT2D eigenvalue weighted by Gasteiger charge is 2.15. The molecule has 1 aliphatic heterocycles. The van der Waals surface area contributed by atoms with Crippen molar-refractivity contribution in [2.45, 2.75) is 25.9 Å². The van der Waals surface area contributed by atoms with Gasteiger partial charge in [0.2, 0.25) is 6.79 Å². The average Bonchev–Trinajstić information content (AvgIpc) is 2.75. The van der Waals surface area contributed by atoms with Crippen molar-refractivity contribution in [3.05, 3.63) is 18.2 Å². The van der Waals surface area contributed by atoms with Gasteiger partial charge in [-0.1, -0.05) is 13.3 Å². The van der Waals surface area contributed by atoms with Crippen molar-refractivity contribution >= 4 is 0 Å². The van der Waals surface area contributed by atoms with Gasteiger partial charge in [0, 0.05) is 12.6 Å². The second kappa shape index (κ2) is 5.07. The molecule has 16 heavy (non-hydrogen) atoms. The van der Waals surface area contributed by atoms with E-state index in [4.69, 9.17) is 19.9 Å². The molecule has 0 fully saturated rings. The lowest BCUT2D eigenvalue weighted by atomic mass is 10.2. The topological polar surface area (TPSA) is 53.7 Å². The highest BCUT2D eigenvalue weighted by molar-refractivity contribution is 5.46. The maximum Gasteiger partial charge on any atom is 0.231 e. The molecule has 1 aromatic carbocycles. The highest BCUT2D eigenvalue weighted by Crippen LogP contribution is 2.35. The lowest BCUT2D eigenvalue weighted by Gasteiger charge is -2.16. The molecular formula is C12H17NO3. The summed E-state index contributed by atoms with van der Waals surface area (Å²) in [5.74, 6) is 2.30. The van der Waals surface area contributed by atoms with Crippen LogP contribution in [-0.4, -0.2) is 19.4 Å². The van der Waals surface area contributed by atoms with Crippen molar-refractivity contribution in [3.63, 3.8) is 0 Å². The third kappa shape index (κ3) is 2.39. The zero-order chi connectivity index (χ0) is 11.4. The van der Waals surface area contributed by atoms with Crippen molar-refractivity contribution in [2.24, 2.45) is 5.73 Å². The van der Waals surface area contributed by atoms with Gasteiger partial charge in [-0.05, 0) is 18.6 Å². The minimum absolute atomic E-state index is 0.0744. The van der Waals surface area contributed by atoms with E-state index in [2.05, 4.69) is 6.92 Å². The lowest BCUT2D eigenvalue weighted by Crippen LogP contribution is -2.26. The van der Waals surface area contributed by atoms with Crippen LogP contribution < -0.4 is 19.9 Å². The summed E-state index contributed by atoms with van der Waals surface area (Å²) in [5, 5.41) is 0. The predicted octanol–water partition coefficient (Wildman–Crippen LogP) is 1.92. The fourth-order valence-electron chi connectivity index (χ4n) is 1.69. The molecule has 1 aliphatic rings. The van der Waals surface area contributed by atoms with Crippen LogP contribution >= 0.6 is 0 Å². The van der Waals surface area contributed by atoms with Crippen molar-refractivity contribution in [1.29, 1.82) is 0 Å². The Morgan fingerprint density at radius 1 is 1.38 bits per heavy atom. The smallest absolute Gasteiger partial charge is 0.231 e. The SMILES string of the molecule is CCCC(CN)Oc1ccc2c(c1)OCO2. The van der Waals surface area contributed by atoms with E-state index in [0.29, 0.717) is 6.54 Å². The van der Waals surface area contributed by atoms with Gasteiger partial charge < -0.3 is 19.9 Å². The molecule has 1 unspecified atom stereocenters. The molecule has 88 valence electrons. The predicted molar refractivity (Wildman–Crippen MR) is 60.9 cm³/mol. The van der Waals surface area contributed by atoms with E-state index in [-0.39, 0.29) is 12.9 Å². The molecule has 0 spiro atoms. The number of fused-ring (bicyclic) bond motifs is 1. The Bertz CT molecular complexity index is 354. The van der Waals surface area contributed by atoms with E-state index >= 15 is 0 Å². The van der Waals surface area contributed by atoms with Crippen LogP contribution in [0.25, 0.3) is 0 Å². The molecule has 1 aromatic rings. The molecule has 4 nitrogen and oxygen atoms in total. The zero-order valence-corrected chi connectivity index (χ0v) is 9.44. The second-order valence-electron chi connectivity index (χ2n) is 3.78. The summed E-state index contributed by atoms with van der Waals surface area (Å²) in [6, 6.07) is 5.59. The molecule has 2 rings (SSSR count). The van der Waals surface area contributed by atoms with E-state index < -0.39 is 0 Å². The number of ether oxygens (including phenoxy) is 3. The normalized spacial score (nSPS) is 14.9. The molecule has 0 bridgehead atoms. The molecule has 0 saturated heterocycles. The Kier molecular flexibility index (Phi) is 3.51. The quantitative estimate of drug-likeness (QED) is 0.828. The average molecular weight is 223 g/mol. The minimum Gasteiger partial charge on any atom is -0.489 e. The number of benzene rings is 1. The summed E-state index contributed by atoms with van der Waals surface area (Å²) < 4.78 is 16.3. The Balaban J connectivity index is 2.04. The van der Waals surface area contributed by atoms with E-state index in [0.717, 1.165) is 30.1 Å². The van der Waals surface area contributed by atoms with E-state index in [1.807, 2.05) is 18.2 Å². The molecule has 2 N–H and O–H groups in total. The Labute approximate surface area is 95.3 Å². The van der Waals surface area contributed by atoms with Crippen LogP contribution in [-0.2, 0) is 0 Å². The van der Waals surface area contributed by atoms with Gasteiger partial charge >= 0.3 is 0 Å². The van der Waals surface area contributed by atoms with Crippen LogP contribution in [0.2, 0.25) is 0 Å². The molecule has 0 amide bonds. The third-order valence-electron chi connectivity index (χ3n) is 2.52. The van der Waals surface area contributed by atoms with Gasteiger partial charge in [0.15, 0.2) is 11.5 Å². The van der Waals surface area contributed by atoms with Crippen LogP contribution in [0.5, 0.6) is 17.2 Å². The zero-order valence-electron chi connectivity index (χ0n) is 9.44. The van der Waals surface area contributed by atoms with Gasteiger partial charge in [0.1, 0.15) is 11.9 Å². The van der Waals surface area contributed by atoms with Gasteiger partial charge in [-0.2, -0.15) is 0 Å². The first kappa shape index (κ1) is 11.1.